The van der Waals surface area contributed by atoms with Gasteiger partial charge in [0.25, 0.3) is 0 Å². The molecule has 1 aliphatic heterocycles. The summed E-state index contributed by atoms with van der Waals surface area (Å²) in [7, 11) is -2.30. The molecule has 3 aromatic rings. The van der Waals surface area contributed by atoms with Gasteiger partial charge in [-0.2, -0.15) is 4.31 Å². The molecule has 0 spiro atoms. The number of aromatic nitrogens is 3. The van der Waals surface area contributed by atoms with Gasteiger partial charge in [0, 0.05) is 26.4 Å². The van der Waals surface area contributed by atoms with Crippen molar-refractivity contribution < 1.29 is 17.5 Å². The van der Waals surface area contributed by atoms with E-state index in [-0.39, 0.29) is 29.7 Å². The third-order valence-electron chi connectivity index (χ3n) is 5.51. The Kier molecular flexibility index (Phi) is 5.48. The number of pyridine rings is 1. The topological polar surface area (TPSA) is 86.4 Å². The normalized spacial score (nSPS) is 17.8. The standard InChI is InChI=1S/C20H23FN4O4S/c1-14-5-6-16(12-17(14)21)30(27,28)23-9-7-15(13-23)25-19-18(4-3-8-22-19)24(20(25)26)10-11-29-2/h3-6,8,12,15H,7,9-11,13H2,1-2H3/t15-/m1/s1. The third kappa shape index (κ3) is 3.44. The molecule has 0 bridgehead atoms. The smallest absolute Gasteiger partial charge is 0.330 e. The Balaban J connectivity index is 1.68. The molecule has 1 aliphatic rings. The molecular formula is C20H23FN4O4S. The van der Waals surface area contributed by atoms with Crippen LogP contribution in [0.2, 0.25) is 0 Å². The predicted molar refractivity (Wildman–Crippen MR) is 109 cm³/mol. The fraction of sp³-hybridized carbons (Fsp3) is 0.400. The maximum Gasteiger partial charge on any atom is 0.330 e. The highest BCUT2D eigenvalue weighted by molar-refractivity contribution is 7.89. The van der Waals surface area contributed by atoms with Gasteiger partial charge >= 0.3 is 5.69 Å². The van der Waals surface area contributed by atoms with Gasteiger partial charge in [0.15, 0.2) is 5.65 Å². The molecule has 2 aromatic heterocycles. The summed E-state index contributed by atoms with van der Waals surface area (Å²) < 4.78 is 49.5. The Morgan fingerprint density at radius 1 is 1.30 bits per heavy atom. The van der Waals surface area contributed by atoms with Gasteiger partial charge in [0.1, 0.15) is 5.82 Å². The van der Waals surface area contributed by atoms with Gasteiger partial charge in [-0.15, -0.1) is 0 Å². The number of imidazole rings is 1. The third-order valence-corrected chi connectivity index (χ3v) is 7.37. The van der Waals surface area contributed by atoms with Gasteiger partial charge in [0.2, 0.25) is 10.0 Å². The summed E-state index contributed by atoms with van der Waals surface area (Å²) in [6, 6.07) is 7.12. The zero-order valence-electron chi connectivity index (χ0n) is 16.8. The minimum absolute atomic E-state index is 0.0840. The zero-order chi connectivity index (χ0) is 21.5. The Labute approximate surface area is 173 Å². The summed E-state index contributed by atoms with van der Waals surface area (Å²) >= 11 is 0. The van der Waals surface area contributed by atoms with Crippen molar-refractivity contribution in [1.82, 2.24) is 18.4 Å². The molecule has 4 rings (SSSR count). The molecule has 8 nitrogen and oxygen atoms in total. The predicted octanol–water partition coefficient (Wildman–Crippen LogP) is 1.93. The lowest BCUT2D eigenvalue weighted by Gasteiger charge is -2.17. The lowest BCUT2D eigenvalue weighted by molar-refractivity contribution is 0.187. The highest BCUT2D eigenvalue weighted by Crippen LogP contribution is 2.29. The second-order valence-corrected chi connectivity index (χ2v) is 9.30. The number of fused-ring (bicyclic) bond motifs is 1. The molecule has 0 radical (unpaired) electrons. The highest BCUT2D eigenvalue weighted by atomic mass is 32.2. The molecule has 0 N–H and O–H groups in total. The molecule has 0 unspecified atom stereocenters. The molecule has 1 saturated heterocycles. The van der Waals surface area contributed by atoms with Gasteiger partial charge in [-0.25, -0.2) is 22.6 Å². The van der Waals surface area contributed by atoms with E-state index >= 15 is 0 Å². The first-order valence-corrected chi connectivity index (χ1v) is 11.1. The van der Waals surface area contributed by atoms with E-state index in [1.165, 1.54) is 16.4 Å². The van der Waals surface area contributed by atoms with Gasteiger partial charge in [0.05, 0.1) is 29.6 Å². The van der Waals surface area contributed by atoms with Crippen LogP contribution in [-0.4, -0.2) is 53.6 Å². The number of methoxy groups -OCH3 is 1. The molecule has 30 heavy (non-hydrogen) atoms. The molecule has 160 valence electrons. The molecule has 10 heteroatoms. The van der Waals surface area contributed by atoms with E-state index in [0.717, 1.165) is 6.07 Å². The van der Waals surface area contributed by atoms with Crippen molar-refractivity contribution in [2.45, 2.75) is 30.8 Å². The van der Waals surface area contributed by atoms with E-state index < -0.39 is 15.8 Å². The van der Waals surface area contributed by atoms with Crippen LogP contribution < -0.4 is 5.69 Å². The van der Waals surface area contributed by atoms with Crippen molar-refractivity contribution >= 4 is 21.2 Å². The van der Waals surface area contributed by atoms with Crippen molar-refractivity contribution in [1.29, 1.82) is 0 Å². The summed E-state index contributed by atoms with van der Waals surface area (Å²) in [4.78, 5) is 17.4. The molecule has 1 fully saturated rings. The van der Waals surface area contributed by atoms with Crippen LogP contribution in [0.3, 0.4) is 0 Å². The molecule has 1 atom stereocenters. The lowest BCUT2D eigenvalue weighted by atomic mass is 10.2. The summed E-state index contributed by atoms with van der Waals surface area (Å²) in [5.41, 5.74) is 1.34. The summed E-state index contributed by atoms with van der Waals surface area (Å²) in [5, 5.41) is 0. The quantitative estimate of drug-likeness (QED) is 0.592. The monoisotopic (exact) mass is 434 g/mol. The second kappa shape index (κ2) is 7.93. The van der Waals surface area contributed by atoms with E-state index in [0.29, 0.717) is 36.3 Å². The van der Waals surface area contributed by atoms with E-state index in [2.05, 4.69) is 4.98 Å². The van der Waals surface area contributed by atoms with E-state index in [1.807, 2.05) is 6.07 Å². The number of sulfonamides is 1. The highest BCUT2D eigenvalue weighted by Gasteiger charge is 2.35. The van der Waals surface area contributed by atoms with Crippen LogP contribution in [0.4, 0.5) is 4.39 Å². The van der Waals surface area contributed by atoms with Gasteiger partial charge in [-0.1, -0.05) is 6.07 Å². The summed E-state index contributed by atoms with van der Waals surface area (Å²) in [5.74, 6) is -0.562. The van der Waals surface area contributed by atoms with Gasteiger partial charge in [-0.05, 0) is 43.2 Å². The van der Waals surface area contributed by atoms with Crippen LogP contribution >= 0.6 is 0 Å². The van der Waals surface area contributed by atoms with E-state index in [1.54, 1.807) is 35.4 Å². The number of halogens is 1. The lowest BCUT2D eigenvalue weighted by Crippen LogP contribution is -2.32. The van der Waals surface area contributed by atoms with Gasteiger partial charge in [-0.3, -0.25) is 9.13 Å². The van der Waals surface area contributed by atoms with E-state index in [4.69, 9.17) is 4.74 Å². The number of hydrogen-bond acceptors (Lipinski definition) is 5. The maximum absolute atomic E-state index is 13.9. The van der Waals surface area contributed by atoms with Crippen molar-refractivity contribution in [2.24, 2.45) is 0 Å². The SMILES string of the molecule is COCCn1c(=O)n([C@@H]2CCN(S(=O)(=O)c3ccc(C)c(F)c3)C2)c2ncccc21. The summed E-state index contributed by atoms with van der Waals surface area (Å²) in [6.07, 6.45) is 2.07. The second-order valence-electron chi connectivity index (χ2n) is 7.36. The number of ether oxygens (including phenoxy) is 1. The van der Waals surface area contributed by atoms with Crippen molar-refractivity contribution in [3.63, 3.8) is 0 Å². The first kappa shape index (κ1) is 20.7. The number of rotatable bonds is 6. The minimum Gasteiger partial charge on any atom is -0.383 e. The molecule has 0 amide bonds. The molecule has 0 saturated carbocycles. The average molecular weight is 434 g/mol. The molecular weight excluding hydrogens is 411 g/mol. The number of hydrogen-bond donors (Lipinski definition) is 0. The summed E-state index contributed by atoms with van der Waals surface area (Å²) in [6.45, 7) is 2.70. The van der Waals surface area contributed by atoms with Crippen LogP contribution in [0.15, 0.2) is 46.2 Å². The van der Waals surface area contributed by atoms with Crippen LogP contribution in [0, 0.1) is 12.7 Å². The average Bonchev–Trinajstić information content (AvgIpc) is 3.31. The molecule has 0 aliphatic carbocycles. The van der Waals surface area contributed by atoms with E-state index in [9.17, 15) is 17.6 Å². The molecule has 3 heterocycles. The van der Waals surface area contributed by atoms with Crippen LogP contribution in [0.25, 0.3) is 11.2 Å². The zero-order valence-corrected chi connectivity index (χ0v) is 17.6. The first-order valence-electron chi connectivity index (χ1n) is 9.65. The first-order chi connectivity index (χ1) is 14.3. The number of nitrogens with zero attached hydrogens (tertiary/aromatic N) is 4. The Hall–Kier alpha value is -2.56. The fourth-order valence-corrected chi connectivity index (χ4v) is 5.36. The van der Waals surface area contributed by atoms with Gasteiger partial charge < -0.3 is 4.74 Å². The maximum atomic E-state index is 13.9. The minimum atomic E-state index is -3.86. The van der Waals surface area contributed by atoms with Crippen LogP contribution in [0.5, 0.6) is 0 Å². The van der Waals surface area contributed by atoms with Crippen molar-refractivity contribution in [3.05, 3.63) is 58.4 Å². The largest absolute Gasteiger partial charge is 0.383 e. The molecule has 1 aromatic carbocycles. The Bertz CT molecular complexity index is 1250. The van der Waals surface area contributed by atoms with Crippen LogP contribution in [0.1, 0.15) is 18.0 Å². The Morgan fingerprint density at radius 3 is 2.83 bits per heavy atom. The van der Waals surface area contributed by atoms with Crippen molar-refractivity contribution in [3.8, 4) is 0 Å². The number of benzene rings is 1. The van der Waals surface area contributed by atoms with Crippen LogP contribution in [-0.2, 0) is 21.3 Å². The van der Waals surface area contributed by atoms with Crippen molar-refractivity contribution in [2.75, 3.05) is 26.8 Å². The fourth-order valence-electron chi connectivity index (χ4n) is 3.86. The number of aryl methyl sites for hydroxylation is 1. The Morgan fingerprint density at radius 2 is 2.10 bits per heavy atom.